The van der Waals surface area contributed by atoms with Gasteiger partial charge in [0.25, 0.3) is 15.9 Å². The standard InChI is InChI=1S/C14H11ClFN3O3S/c15-9-3-4-11(16)12(8-9)17-14(20)10-2-1-5-19-6-7-23(21,22)18-13(10)19/h1-5,8H,6-7H2,(H,17,20). The smallest absolute Gasteiger partial charge is 0.259 e. The number of nitrogens with zero attached hydrogens (tertiary/aromatic N) is 2. The molecule has 9 heteroatoms. The zero-order valence-electron chi connectivity index (χ0n) is 11.7. The lowest BCUT2D eigenvalue weighted by Gasteiger charge is -2.28. The second kappa shape index (κ2) is 5.78. The fraction of sp³-hybridized carbons (Fsp3) is 0.143. The molecule has 0 fully saturated rings. The third kappa shape index (κ3) is 3.27. The number of sulfonamides is 1. The van der Waals surface area contributed by atoms with Crippen molar-refractivity contribution in [2.75, 3.05) is 17.6 Å². The van der Waals surface area contributed by atoms with E-state index in [0.717, 1.165) is 6.07 Å². The maximum Gasteiger partial charge on any atom is 0.259 e. The van der Waals surface area contributed by atoms with Gasteiger partial charge < -0.3 is 10.2 Å². The van der Waals surface area contributed by atoms with Gasteiger partial charge in [-0.2, -0.15) is 0 Å². The van der Waals surface area contributed by atoms with Gasteiger partial charge in [0, 0.05) is 17.8 Å². The highest BCUT2D eigenvalue weighted by Gasteiger charge is 2.30. The van der Waals surface area contributed by atoms with Gasteiger partial charge >= 0.3 is 0 Å². The monoisotopic (exact) mass is 355 g/mol. The molecule has 0 bridgehead atoms. The number of amidine groups is 1. The summed E-state index contributed by atoms with van der Waals surface area (Å²) in [7, 11) is -3.61. The number of rotatable bonds is 2. The van der Waals surface area contributed by atoms with E-state index < -0.39 is 21.7 Å². The first-order chi connectivity index (χ1) is 10.9. The molecule has 0 aliphatic carbocycles. The van der Waals surface area contributed by atoms with Crippen LogP contribution in [0.15, 0.2) is 46.5 Å². The first-order valence-electron chi connectivity index (χ1n) is 6.60. The van der Waals surface area contributed by atoms with Gasteiger partial charge in [-0.25, -0.2) is 12.8 Å². The lowest BCUT2D eigenvalue weighted by atomic mass is 10.1. The van der Waals surface area contributed by atoms with E-state index in [4.69, 9.17) is 11.6 Å². The van der Waals surface area contributed by atoms with Crippen molar-refractivity contribution in [1.82, 2.24) is 4.90 Å². The summed E-state index contributed by atoms with van der Waals surface area (Å²) in [6, 6.07) is 3.75. The van der Waals surface area contributed by atoms with Gasteiger partial charge in [-0.1, -0.05) is 11.6 Å². The number of hydrogen-bond donors (Lipinski definition) is 1. The summed E-state index contributed by atoms with van der Waals surface area (Å²) in [5.74, 6) is -1.42. The summed E-state index contributed by atoms with van der Waals surface area (Å²) >= 11 is 5.78. The molecule has 1 amide bonds. The van der Waals surface area contributed by atoms with Crippen LogP contribution in [0, 0.1) is 5.82 Å². The zero-order chi connectivity index (χ0) is 16.6. The topological polar surface area (TPSA) is 78.8 Å². The predicted octanol–water partition coefficient (Wildman–Crippen LogP) is 1.92. The van der Waals surface area contributed by atoms with Crippen molar-refractivity contribution in [1.29, 1.82) is 0 Å². The molecule has 0 saturated carbocycles. The SMILES string of the molecule is O=C(Nc1cc(Cl)ccc1F)C1=CC=CN2CCS(=O)(=O)N=C12. The predicted molar refractivity (Wildman–Crippen MR) is 85.2 cm³/mol. The molecule has 1 aromatic rings. The van der Waals surface area contributed by atoms with E-state index in [1.165, 1.54) is 18.2 Å². The summed E-state index contributed by atoms with van der Waals surface area (Å²) < 4.78 is 40.7. The fourth-order valence-corrected chi connectivity index (χ4v) is 3.33. The molecule has 1 N–H and O–H groups in total. The van der Waals surface area contributed by atoms with Crippen LogP contribution in [0.5, 0.6) is 0 Å². The number of carbonyl (C=O) groups excluding carboxylic acids is 1. The lowest BCUT2D eigenvalue weighted by molar-refractivity contribution is -0.112. The first-order valence-corrected chi connectivity index (χ1v) is 8.59. The van der Waals surface area contributed by atoms with Crippen molar-refractivity contribution in [2.45, 2.75) is 0 Å². The second-order valence-electron chi connectivity index (χ2n) is 4.89. The molecule has 2 heterocycles. The first kappa shape index (κ1) is 15.7. The highest BCUT2D eigenvalue weighted by Crippen LogP contribution is 2.22. The van der Waals surface area contributed by atoms with E-state index in [1.807, 2.05) is 0 Å². The number of halogens is 2. The molecule has 2 aliphatic rings. The van der Waals surface area contributed by atoms with Gasteiger partial charge in [-0.3, -0.25) is 4.79 Å². The molecule has 0 radical (unpaired) electrons. The Morgan fingerprint density at radius 2 is 2.17 bits per heavy atom. The minimum absolute atomic E-state index is 0.0266. The van der Waals surface area contributed by atoms with Crippen molar-refractivity contribution >= 4 is 39.1 Å². The number of anilines is 1. The molecular formula is C14H11ClFN3O3S. The number of amides is 1. The maximum absolute atomic E-state index is 13.7. The number of hydrogen-bond acceptors (Lipinski definition) is 4. The molecular weight excluding hydrogens is 345 g/mol. The van der Waals surface area contributed by atoms with E-state index in [9.17, 15) is 17.6 Å². The van der Waals surface area contributed by atoms with Crippen molar-refractivity contribution in [3.05, 3.63) is 53.0 Å². The van der Waals surface area contributed by atoms with Crippen LogP contribution in [-0.4, -0.2) is 37.4 Å². The average Bonchev–Trinajstić information content (AvgIpc) is 2.49. The highest BCUT2D eigenvalue weighted by atomic mass is 35.5. The van der Waals surface area contributed by atoms with Gasteiger partial charge in [-0.15, -0.1) is 4.40 Å². The normalized spacial score (nSPS) is 18.8. The van der Waals surface area contributed by atoms with Crippen LogP contribution < -0.4 is 5.32 Å². The summed E-state index contributed by atoms with van der Waals surface area (Å²) in [5, 5.41) is 2.64. The average molecular weight is 356 g/mol. The van der Waals surface area contributed by atoms with Crippen LogP contribution in [0.3, 0.4) is 0 Å². The van der Waals surface area contributed by atoms with Gasteiger partial charge in [0.05, 0.1) is 17.0 Å². The molecule has 0 saturated heterocycles. The van der Waals surface area contributed by atoms with Crippen molar-refractivity contribution < 1.29 is 17.6 Å². The van der Waals surface area contributed by atoms with Crippen molar-refractivity contribution in [2.24, 2.45) is 4.40 Å². The second-order valence-corrected chi connectivity index (χ2v) is 7.09. The third-order valence-corrected chi connectivity index (χ3v) is 4.66. The Labute approximate surface area is 137 Å². The number of nitrogens with one attached hydrogen (secondary N) is 1. The van der Waals surface area contributed by atoms with E-state index in [0.29, 0.717) is 0 Å². The van der Waals surface area contributed by atoms with E-state index in [-0.39, 0.29) is 34.4 Å². The Hall–Kier alpha value is -2.19. The molecule has 1 aromatic carbocycles. The number of carbonyl (C=O) groups is 1. The van der Waals surface area contributed by atoms with Crippen molar-refractivity contribution in [3.8, 4) is 0 Å². The largest absolute Gasteiger partial charge is 0.331 e. The third-order valence-electron chi connectivity index (χ3n) is 3.28. The minimum Gasteiger partial charge on any atom is -0.331 e. The Kier molecular flexibility index (Phi) is 3.95. The van der Waals surface area contributed by atoms with Crippen LogP contribution in [0.25, 0.3) is 0 Å². The van der Waals surface area contributed by atoms with Crippen LogP contribution in [-0.2, 0) is 14.8 Å². The Morgan fingerprint density at radius 1 is 1.39 bits per heavy atom. The Bertz CT molecular complexity index is 877. The molecule has 120 valence electrons. The quantitative estimate of drug-likeness (QED) is 0.879. The Morgan fingerprint density at radius 3 is 2.96 bits per heavy atom. The van der Waals surface area contributed by atoms with Gasteiger partial charge in [0.1, 0.15) is 5.82 Å². The molecule has 0 spiro atoms. The molecule has 2 aliphatic heterocycles. The van der Waals surface area contributed by atoms with Crippen LogP contribution in [0.2, 0.25) is 5.02 Å². The van der Waals surface area contributed by atoms with Gasteiger partial charge in [-0.05, 0) is 30.4 Å². The van der Waals surface area contributed by atoms with E-state index in [1.54, 1.807) is 17.2 Å². The summed E-state index contributed by atoms with van der Waals surface area (Å²) in [6.45, 7) is 0.202. The molecule has 3 rings (SSSR count). The summed E-state index contributed by atoms with van der Waals surface area (Å²) in [4.78, 5) is 13.9. The number of fused-ring (bicyclic) bond motifs is 1. The molecule has 0 aromatic heterocycles. The lowest BCUT2D eigenvalue weighted by Crippen LogP contribution is -2.40. The minimum atomic E-state index is -3.61. The molecule has 0 unspecified atom stereocenters. The highest BCUT2D eigenvalue weighted by molar-refractivity contribution is 7.90. The number of benzene rings is 1. The van der Waals surface area contributed by atoms with Crippen molar-refractivity contribution in [3.63, 3.8) is 0 Å². The van der Waals surface area contributed by atoms with Gasteiger partial charge in [0.2, 0.25) is 0 Å². The molecule has 6 nitrogen and oxygen atoms in total. The van der Waals surface area contributed by atoms with Crippen LogP contribution in [0.4, 0.5) is 10.1 Å². The Balaban J connectivity index is 1.92. The zero-order valence-corrected chi connectivity index (χ0v) is 13.2. The number of allylic oxidation sites excluding steroid dienone is 2. The van der Waals surface area contributed by atoms with Crippen LogP contribution >= 0.6 is 11.6 Å². The van der Waals surface area contributed by atoms with E-state index in [2.05, 4.69) is 9.71 Å². The van der Waals surface area contributed by atoms with E-state index >= 15 is 0 Å². The maximum atomic E-state index is 13.7. The molecule has 0 atom stereocenters. The molecule has 23 heavy (non-hydrogen) atoms. The van der Waals surface area contributed by atoms with Gasteiger partial charge in [0.15, 0.2) is 5.84 Å². The van der Waals surface area contributed by atoms with Crippen LogP contribution in [0.1, 0.15) is 0 Å². The fourth-order valence-electron chi connectivity index (χ4n) is 2.18. The summed E-state index contributed by atoms with van der Waals surface area (Å²) in [5.41, 5.74) is -0.0566. The summed E-state index contributed by atoms with van der Waals surface area (Å²) in [6.07, 6.45) is 4.65.